The molecule has 1 aliphatic carbocycles. The van der Waals surface area contributed by atoms with Crippen molar-refractivity contribution in [1.82, 2.24) is 15.5 Å². The number of hydrogen-bond donors (Lipinski definition) is 5. The van der Waals surface area contributed by atoms with Crippen LogP contribution in [0.2, 0.25) is 0 Å². The summed E-state index contributed by atoms with van der Waals surface area (Å²) < 4.78 is 52.7. The fourth-order valence-electron chi connectivity index (χ4n) is 4.70. The first kappa shape index (κ1) is 33.7. The van der Waals surface area contributed by atoms with E-state index in [9.17, 15) is 37.1 Å². The van der Waals surface area contributed by atoms with Gasteiger partial charge in [0.25, 0.3) is 0 Å². The predicted molar refractivity (Wildman–Crippen MR) is 152 cm³/mol. The molecule has 0 radical (unpaired) electrons. The summed E-state index contributed by atoms with van der Waals surface area (Å²) in [5, 5.41) is 16.5. The second-order valence-corrected chi connectivity index (χ2v) is 10.7. The highest BCUT2D eigenvalue weighted by atomic mass is 19.4. The van der Waals surface area contributed by atoms with Gasteiger partial charge in [-0.25, -0.2) is 4.39 Å². The smallest absolute Gasteiger partial charge is 0.386 e. The maximum absolute atomic E-state index is 13.6. The molecule has 3 rings (SSSR count). The molecule has 13 heteroatoms. The zero-order valence-electron chi connectivity index (χ0n) is 23.8. The number of hydrogen-bond acceptors (Lipinski definition) is 6. The van der Waals surface area contributed by atoms with Gasteiger partial charge in [-0.2, -0.15) is 13.2 Å². The molecule has 3 unspecified atom stereocenters. The average molecular weight is 608 g/mol. The van der Waals surface area contributed by atoms with E-state index >= 15 is 0 Å². The van der Waals surface area contributed by atoms with Crippen molar-refractivity contribution in [3.8, 4) is 0 Å². The molecule has 2 aromatic carbocycles. The van der Waals surface area contributed by atoms with Crippen LogP contribution < -0.4 is 22.1 Å². The quantitative estimate of drug-likeness (QED) is 0.209. The highest BCUT2D eigenvalue weighted by Gasteiger charge is 2.48. The van der Waals surface area contributed by atoms with E-state index in [0.717, 1.165) is 12.1 Å². The summed E-state index contributed by atoms with van der Waals surface area (Å²) in [7, 11) is 0. The molecular formula is C30H37F4N5O4. The van der Waals surface area contributed by atoms with Gasteiger partial charge < -0.3 is 32.1 Å². The molecule has 0 bridgehead atoms. The first-order valence-electron chi connectivity index (χ1n) is 13.8. The zero-order chi connectivity index (χ0) is 31.9. The first-order chi connectivity index (χ1) is 20.2. The molecule has 43 heavy (non-hydrogen) atoms. The summed E-state index contributed by atoms with van der Waals surface area (Å²) >= 11 is 0. The number of aliphatic hydroxyl groups is 1. The Morgan fingerprint density at radius 2 is 1.56 bits per heavy atom. The number of alkyl halides is 3. The van der Waals surface area contributed by atoms with Crippen LogP contribution in [0.25, 0.3) is 5.83 Å². The maximum atomic E-state index is 13.6. The van der Waals surface area contributed by atoms with Crippen molar-refractivity contribution in [2.45, 2.75) is 50.0 Å². The van der Waals surface area contributed by atoms with Crippen LogP contribution >= 0.6 is 0 Å². The molecule has 9 nitrogen and oxygen atoms in total. The largest absolute Gasteiger partial charge is 0.416 e. The maximum Gasteiger partial charge on any atom is 0.416 e. The van der Waals surface area contributed by atoms with Crippen molar-refractivity contribution in [3.05, 3.63) is 77.4 Å². The molecule has 234 valence electrons. The number of benzene rings is 2. The fourth-order valence-corrected chi connectivity index (χ4v) is 4.70. The van der Waals surface area contributed by atoms with E-state index in [0.29, 0.717) is 18.4 Å². The van der Waals surface area contributed by atoms with Crippen LogP contribution in [0.15, 0.2) is 55.1 Å². The Hall–Kier alpha value is -3.81. The Labute approximate surface area is 247 Å². The molecule has 1 aliphatic rings. The second-order valence-electron chi connectivity index (χ2n) is 10.7. The van der Waals surface area contributed by atoms with Crippen LogP contribution in [0.1, 0.15) is 54.5 Å². The van der Waals surface area contributed by atoms with Gasteiger partial charge in [-0.1, -0.05) is 49.9 Å². The minimum atomic E-state index is -4.52. The van der Waals surface area contributed by atoms with Crippen molar-refractivity contribution in [1.29, 1.82) is 0 Å². The lowest BCUT2D eigenvalue weighted by Gasteiger charge is -2.28. The first-order valence-corrected chi connectivity index (χ1v) is 13.8. The molecule has 3 atom stereocenters. The SMILES string of the molecule is C=C(F)c1ccc(C(O)C(NC(=O)C(C)CC(=O)N(CCN)CCN)C(=O)NC2(c3ccc(C(F)(F)F)cc3)CC2)cc1. The van der Waals surface area contributed by atoms with Gasteiger partial charge >= 0.3 is 6.18 Å². The second kappa shape index (κ2) is 14.1. The van der Waals surface area contributed by atoms with E-state index in [1.165, 1.54) is 48.2 Å². The summed E-state index contributed by atoms with van der Waals surface area (Å²) in [5.74, 6) is -3.45. The molecule has 0 spiro atoms. The van der Waals surface area contributed by atoms with E-state index in [1.807, 2.05) is 0 Å². The number of nitrogens with two attached hydrogens (primary N) is 2. The van der Waals surface area contributed by atoms with Crippen molar-refractivity contribution >= 4 is 23.5 Å². The van der Waals surface area contributed by atoms with Gasteiger partial charge in [-0.05, 0) is 36.1 Å². The standard InChI is InChI=1S/C30H37F4N5O4/c1-18(17-24(40)39(15-13-35)16-14-36)27(42)37-25(26(41)21-5-3-20(4-6-21)19(2)31)28(43)38-29(11-12-29)22-7-9-23(10-8-22)30(32,33)34/h3-10,18,25-26,41H,2,11-17,35-36H2,1H3,(H,37,42)(H,38,43). The number of nitrogens with zero attached hydrogens (tertiary/aromatic N) is 1. The van der Waals surface area contributed by atoms with Gasteiger partial charge in [0, 0.05) is 44.1 Å². The lowest BCUT2D eigenvalue weighted by Crippen LogP contribution is -2.53. The number of halogens is 4. The number of carbonyl (C=O) groups excluding carboxylic acids is 3. The molecule has 1 saturated carbocycles. The van der Waals surface area contributed by atoms with E-state index in [-0.39, 0.29) is 49.6 Å². The molecular weight excluding hydrogens is 570 g/mol. The number of nitrogens with one attached hydrogen (secondary N) is 2. The Morgan fingerprint density at radius 1 is 1.00 bits per heavy atom. The molecule has 3 amide bonds. The van der Waals surface area contributed by atoms with Crippen LogP contribution in [0.5, 0.6) is 0 Å². The van der Waals surface area contributed by atoms with Crippen molar-refractivity contribution in [2.75, 3.05) is 26.2 Å². The molecule has 1 fully saturated rings. The minimum absolute atomic E-state index is 0.159. The highest BCUT2D eigenvalue weighted by Crippen LogP contribution is 2.46. The van der Waals surface area contributed by atoms with Crippen LogP contribution in [0.4, 0.5) is 17.6 Å². The third-order valence-electron chi connectivity index (χ3n) is 7.42. The highest BCUT2D eigenvalue weighted by molar-refractivity contribution is 5.91. The van der Waals surface area contributed by atoms with Crippen LogP contribution in [0.3, 0.4) is 0 Å². The number of amides is 3. The van der Waals surface area contributed by atoms with E-state index in [2.05, 4.69) is 17.2 Å². The van der Waals surface area contributed by atoms with Crippen LogP contribution in [-0.2, 0) is 26.1 Å². The lowest BCUT2D eigenvalue weighted by atomic mass is 9.97. The third-order valence-corrected chi connectivity index (χ3v) is 7.42. The summed E-state index contributed by atoms with van der Waals surface area (Å²) in [6.45, 7) is 5.62. The number of aliphatic hydroxyl groups excluding tert-OH is 1. The van der Waals surface area contributed by atoms with Gasteiger partial charge in [0.2, 0.25) is 17.7 Å². The molecule has 0 aromatic heterocycles. The summed E-state index contributed by atoms with van der Waals surface area (Å²) in [4.78, 5) is 41.0. The molecule has 2 aromatic rings. The molecule has 7 N–H and O–H groups in total. The van der Waals surface area contributed by atoms with Gasteiger partial charge in [-0.3, -0.25) is 14.4 Å². The average Bonchev–Trinajstić information content (AvgIpc) is 3.75. The molecule has 0 aliphatic heterocycles. The molecule has 0 saturated heterocycles. The van der Waals surface area contributed by atoms with E-state index in [4.69, 9.17) is 11.5 Å². The summed E-state index contributed by atoms with van der Waals surface area (Å²) in [6.07, 6.45) is -5.47. The van der Waals surface area contributed by atoms with Gasteiger partial charge in [-0.15, -0.1) is 0 Å². The predicted octanol–water partition coefficient (Wildman–Crippen LogP) is 2.74. The molecule has 0 heterocycles. The van der Waals surface area contributed by atoms with Gasteiger partial charge in [0.05, 0.1) is 11.1 Å². The summed E-state index contributed by atoms with van der Waals surface area (Å²) in [5.41, 5.74) is 10.1. The van der Waals surface area contributed by atoms with Crippen LogP contribution in [-0.4, -0.2) is 59.9 Å². The van der Waals surface area contributed by atoms with Gasteiger partial charge in [0.15, 0.2) is 0 Å². The Bertz CT molecular complexity index is 1290. The Kier molecular flexibility index (Phi) is 11.1. The minimum Gasteiger partial charge on any atom is -0.386 e. The van der Waals surface area contributed by atoms with Crippen molar-refractivity contribution < 1.29 is 37.1 Å². The Balaban J connectivity index is 1.83. The van der Waals surface area contributed by atoms with E-state index in [1.54, 1.807) is 0 Å². The lowest BCUT2D eigenvalue weighted by molar-refractivity contribution is -0.138. The van der Waals surface area contributed by atoms with Crippen molar-refractivity contribution in [3.63, 3.8) is 0 Å². The number of rotatable bonds is 14. The van der Waals surface area contributed by atoms with Crippen molar-refractivity contribution in [2.24, 2.45) is 17.4 Å². The normalized spacial score (nSPS) is 16.0. The van der Waals surface area contributed by atoms with Crippen LogP contribution in [0, 0.1) is 5.92 Å². The monoisotopic (exact) mass is 607 g/mol. The topological polar surface area (TPSA) is 151 Å². The Morgan fingerprint density at radius 3 is 2.02 bits per heavy atom. The van der Waals surface area contributed by atoms with Gasteiger partial charge in [0.1, 0.15) is 18.0 Å². The third kappa shape index (κ3) is 8.62. The number of carbonyl (C=O) groups is 3. The van der Waals surface area contributed by atoms with E-state index < -0.39 is 53.0 Å². The zero-order valence-corrected chi connectivity index (χ0v) is 23.8. The summed E-state index contributed by atoms with van der Waals surface area (Å²) in [6, 6.07) is 8.32. The fraction of sp³-hybridized carbons (Fsp3) is 0.433.